The fraction of sp³-hybridized carbons (Fsp3) is 0.267. The van der Waals surface area contributed by atoms with Crippen LogP contribution in [-0.2, 0) is 15.7 Å². The second kappa shape index (κ2) is 11.2. The highest BCUT2D eigenvalue weighted by molar-refractivity contribution is 5.75. The number of aromatic nitrogens is 4. The molecule has 0 fully saturated rings. The van der Waals surface area contributed by atoms with E-state index in [0.29, 0.717) is 42.1 Å². The first-order valence-corrected chi connectivity index (χ1v) is 13.1. The molecular formula is C30H28F3N5O4. The second-order valence-corrected chi connectivity index (χ2v) is 10.7. The van der Waals surface area contributed by atoms with Crippen molar-refractivity contribution in [2.24, 2.45) is 0 Å². The lowest BCUT2D eigenvalue weighted by Gasteiger charge is -2.29. The Morgan fingerprint density at radius 1 is 1.00 bits per heavy atom. The summed E-state index contributed by atoms with van der Waals surface area (Å²) in [6.45, 7) is 6.82. The molecule has 5 rings (SSSR count). The zero-order chi connectivity index (χ0) is 30.1. The molecule has 42 heavy (non-hydrogen) atoms. The number of halogens is 3. The summed E-state index contributed by atoms with van der Waals surface area (Å²) >= 11 is 0. The van der Waals surface area contributed by atoms with Gasteiger partial charge in [-0.3, -0.25) is 4.79 Å². The minimum Gasteiger partial charge on any atom is -0.444 e. The Morgan fingerprint density at radius 3 is 2.26 bits per heavy atom. The number of carbonyl (C=O) groups is 2. The van der Waals surface area contributed by atoms with E-state index in [2.05, 4.69) is 15.3 Å². The summed E-state index contributed by atoms with van der Waals surface area (Å²) in [6, 6.07) is 14.1. The van der Waals surface area contributed by atoms with Gasteiger partial charge < -0.3 is 19.4 Å². The van der Waals surface area contributed by atoms with Gasteiger partial charge in [-0.2, -0.15) is 13.2 Å². The van der Waals surface area contributed by atoms with Crippen LogP contribution in [0, 0.1) is 0 Å². The molecule has 3 heterocycles. The van der Waals surface area contributed by atoms with Crippen LogP contribution in [0.4, 0.5) is 18.0 Å². The first-order chi connectivity index (χ1) is 19.9. The number of aromatic amines is 1. The van der Waals surface area contributed by atoms with E-state index in [0.717, 1.165) is 28.8 Å². The van der Waals surface area contributed by atoms with Crippen molar-refractivity contribution in [3.63, 3.8) is 0 Å². The van der Waals surface area contributed by atoms with Crippen molar-refractivity contribution in [1.82, 2.24) is 24.9 Å². The number of rotatable bonds is 6. The molecule has 2 aromatic heterocycles. The summed E-state index contributed by atoms with van der Waals surface area (Å²) in [4.78, 5) is 28.3. The van der Waals surface area contributed by atoms with Crippen LogP contribution in [0.2, 0.25) is 0 Å². The van der Waals surface area contributed by atoms with Crippen LogP contribution in [0.15, 0.2) is 66.9 Å². The lowest BCUT2D eigenvalue weighted by Crippen LogP contribution is -2.39. The van der Waals surface area contributed by atoms with Crippen LogP contribution in [-0.4, -0.2) is 56.1 Å². The number of alkyl halides is 3. The van der Waals surface area contributed by atoms with Gasteiger partial charge in [0.25, 0.3) is 6.47 Å². The number of nitrogens with zero attached hydrogens (tertiary/aromatic N) is 4. The Bertz CT molecular complexity index is 1610. The van der Waals surface area contributed by atoms with Crippen molar-refractivity contribution >= 4 is 18.1 Å². The molecule has 218 valence electrons. The molecule has 1 aliphatic heterocycles. The van der Waals surface area contributed by atoms with Crippen molar-refractivity contribution < 1.29 is 32.2 Å². The van der Waals surface area contributed by atoms with E-state index in [1.807, 2.05) is 51.1 Å². The van der Waals surface area contributed by atoms with E-state index in [-0.39, 0.29) is 18.4 Å². The van der Waals surface area contributed by atoms with Crippen LogP contribution in [0.5, 0.6) is 5.88 Å². The van der Waals surface area contributed by atoms with Gasteiger partial charge in [-0.05, 0) is 62.1 Å². The molecule has 4 aromatic rings. The van der Waals surface area contributed by atoms with Crippen LogP contribution in [0.25, 0.3) is 33.8 Å². The summed E-state index contributed by atoms with van der Waals surface area (Å²) in [6.07, 6.45) is -0.525. The van der Waals surface area contributed by atoms with Gasteiger partial charge in [0.1, 0.15) is 17.0 Å². The van der Waals surface area contributed by atoms with Crippen molar-refractivity contribution in [1.29, 1.82) is 0 Å². The normalized spacial score (nSPS) is 14.0. The van der Waals surface area contributed by atoms with E-state index in [4.69, 9.17) is 9.47 Å². The lowest BCUT2D eigenvalue weighted by atomic mass is 9.98. The van der Waals surface area contributed by atoms with Crippen molar-refractivity contribution in [2.75, 3.05) is 13.1 Å². The molecule has 0 saturated heterocycles. The number of H-pyrrole nitrogens is 1. The molecule has 0 aliphatic carbocycles. The van der Waals surface area contributed by atoms with Crippen LogP contribution in [0.3, 0.4) is 0 Å². The summed E-state index contributed by atoms with van der Waals surface area (Å²) < 4.78 is 50.7. The Balaban J connectivity index is 1.33. The van der Waals surface area contributed by atoms with E-state index >= 15 is 0 Å². The quantitative estimate of drug-likeness (QED) is 0.262. The predicted octanol–water partition coefficient (Wildman–Crippen LogP) is 6.51. The molecule has 9 nitrogen and oxygen atoms in total. The SMILES string of the molecule is CC(C)(C)OC(=O)N1CC=C(c2ccc(-c3cc(-n4cc(-c5ccc(C(F)(F)F)cc5)nn4)c(OC=O)[nH]3)cc2)CC1. The van der Waals surface area contributed by atoms with E-state index in [1.165, 1.54) is 23.0 Å². The molecule has 12 heteroatoms. The highest BCUT2D eigenvalue weighted by Gasteiger charge is 2.30. The third-order valence-corrected chi connectivity index (χ3v) is 6.60. The average molecular weight is 580 g/mol. The maximum atomic E-state index is 12.9. The lowest BCUT2D eigenvalue weighted by molar-refractivity contribution is -0.137. The minimum atomic E-state index is -4.44. The standard InChI is InChI=1S/C30H28F3N5O4/c1-29(2,3)42-28(40)37-14-12-20(13-15-37)19-4-6-21(7-5-19)24-16-26(27(34-24)41-18-39)38-17-25(35-36-38)22-8-10-23(11-9-22)30(31,32)33/h4-12,16-18,34H,13-15H2,1-3H3. The predicted molar refractivity (Wildman–Crippen MR) is 149 cm³/mol. The molecule has 1 aliphatic rings. The molecule has 1 amide bonds. The second-order valence-electron chi connectivity index (χ2n) is 10.7. The van der Waals surface area contributed by atoms with Crippen molar-refractivity contribution in [3.8, 4) is 34.1 Å². The van der Waals surface area contributed by atoms with E-state index in [9.17, 15) is 22.8 Å². The summed E-state index contributed by atoms with van der Waals surface area (Å²) in [5, 5.41) is 8.15. The first-order valence-electron chi connectivity index (χ1n) is 13.1. The van der Waals surface area contributed by atoms with Gasteiger partial charge >= 0.3 is 12.3 Å². The number of carbonyl (C=O) groups excluding carboxylic acids is 2. The van der Waals surface area contributed by atoms with Crippen LogP contribution in [0.1, 0.15) is 38.3 Å². The van der Waals surface area contributed by atoms with Crippen LogP contribution < -0.4 is 4.74 Å². The molecule has 0 bridgehead atoms. The van der Waals surface area contributed by atoms with Gasteiger partial charge in [0.15, 0.2) is 0 Å². The Hall–Kier alpha value is -4.87. The van der Waals surface area contributed by atoms with E-state index < -0.39 is 17.3 Å². The zero-order valence-corrected chi connectivity index (χ0v) is 23.1. The van der Waals surface area contributed by atoms with Gasteiger partial charge in [-0.25, -0.2) is 9.48 Å². The Kier molecular flexibility index (Phi) is 7.63. The third-order valence-electron chi connectivity index (χ3n) is 6.60. The number of hydrogen-bond acceptors (Lipinski definition) is 6. The largest absolute Gasteiger partial charge is 0.444 e. The van der Waals surface area contributed by atoms with Gasteiger partial charge in [0, 0.05) is 18.7 Å². The molecule has 0 radical (unpaired) electrons. The molecule has 1 N–H and O–H groups in total. The maximum Gasteiger partial charge on any atom is 0.416 e. The molecule has 0 saturated carbocycles. The van der Waals surface area contributed by atoms with Gasteiger partial charge in [0.2, 0.25) is 5.88 Å². The zero-order valence-electron chi connectivity index (χ0n) is 23.1. The average Bonchev–Trinajstić information content (AvgIpc) is 3.60. The fourth-order valence-corrected chi connectivity index (χ4v) is 4.52. The number of hydrogen-bond donors (Lipinski definition) is 1. The smallest absolute Gasteiger partial charge is 0.416 e. The van der Waals surface area contributed by atoms with Crippen molar-refractivity contribution in [3.05, 3.63) is 78.0 Å². The molecular weight excluding hydrogens is 551 g/mol. The summed E-state index contributed by atoms with van der Waals surface area (Å²) in [7, 11) is 0. The summed E-state index contributed by atoms with van der Waals surface area (Å²) in [5.74, 6) is 0.130. The fourth-order valence-electron chi connectivity index (χ4n) is 4.52. The Morgan fingerprint density at radius 2 is 1.67 bits per heavy atom. The summed E-state index contributed by atoms with van der Waals surface area (Å²) in [5.41, 5.74) is 3.49. The molecule has 0 unspecified atom stereocenters. The van der Waals surface area contributed by atoms with Gasteiger partial charge in [-0.15, -0.1) is 5.10 Å². The molecule has 2 aromatic carbocycles. The number of amides is 1. The number of ether oxygens (including phenoxy) is 2. The third kappa shape index (κ3) is 6.37. The maximum absolute atomic E-state index is 12.9. The highest BCUT2D eigenvalue weighted by Crippen LogP contribution is 2.33. The van der Waals surface area contributed by atoms with Crippen molar-refractivity contribution in [2.45, 2.75) is 39.0 Å². The molecule has 0 atom stereocenters. The number of nitrogens with one attached hydrogen (secondary N) is 1. The van der Waals surface area contributed by atoms with Gasteiger partial charge in [-0.1, -0.05) is 47.7 Å². The highest BCUT2D eigenvalue weighted by atomic mass is 19.4. The van der Waals surface area contributed by atoms with E-state index in [1.54, 1.807) is 11.0 Å². The minimum absolute atomic E-state index is 0.130. The Labute approximate surface area is 239 Å². The first kappa shape index (κ1) is 28.7. The van der Waals surface area contributed by atoms with Crippen LogP contribution >= 0.6 is 0 Å². The van der Waals surface area contributed by atoms with Gasteiger partial charge in [0.05, 0.1) is 17.5 Å². The number of benzene rings is 2. The topological polar surface area (TPSA) is 102 Å². The monoisotopic (exact) mass is 579 g/mol. The molecule has 0 spiro atoms.